The summed E-state index contributed by atoms with van der Waals surface area (Å²) in [5, 5.41) is 0. The molecule has 0 spiro atoms. The highest BCUT2D eigenvalue weighted by atomic mass is 32.2. The van der Waals surface area contributed by atoms with E-state index in [-0.39, 0.29) is 0 Å². The third-order valence-electron chi connectivity index (χ3n) is 2.69. The molecule has 1 aromatic carbocycles. The molecule has 0 bridgehead atoms. The predicted octanol–water partition coefficient (Wildman–Crippen LogP) is 2.84. The molecule has 0 aliphatic heterocycles. The Hall–Kier alpha value is -0.510. The Morgan fingerprint density at radius 2 is 1.88 bits per heavy atom. The van der Waals surface area contributed by atoms with E-state index in [9.17, 15) is 0 Å². The molecule has 0 aromatic heterocycles. The number of nitrogens with zero attached hydrogens (tertiary/aromatic N) is 1. The highest BCUT2D eigenvalue weighted by Gasteiger charge is 2.03. The fourth-order valence-corrected chi connectivity index (χ4v) is 2.64. The van der Waals surface area contributed by atoms with Gasteiger partial charge in [0.05, 0.1) is 0 Å². The molecular formula is C14H24N2S. The second kappa shape index (κ2) is 9.51. The largest absolute Gasteiger partial charge is 0.329 e. The second-order valence-electron chi connectivity index (χ2n) is 4.15. The number of thioether (sulfide) groups is 1. The van der Waals surface area contributed by atoms with Gasteiger partial charge in [-0.2, -0.15) is 0 Å². The molecule has 0 saturated carbocycles. The first-order valence-electron chi connectivity index (χ1n) is 6.47. The summed E-state index contributed by atoms with van der Waals surface area (Å²) < 4.78 is 0. The van der Waals surface area contributed by atoms with Gasteiger partial charge in [-0.25, -0.2) is 0 Å². The van der Waals surface area contributed by atoms with Crippen LogP contribution in [0.5, 0.6) is 0 Å². The van der Waals surface area contributed by atoms with E-state index >= 15 is 0 Å². The van der Waals surface area contributed by atoms with Crippen molar-refractivity contribution in [3.63, 3.8) is 0 Å². The van der Waals surface area contributed by atoms with Crippen LogP contribution in [0.3, 0.4) is 0 Å². The van der Waals surface area contributed by atoms with Gasteiger partial charge < -0.3 is 10.6 Å². The van der Waals surface area contributed by atoms with Crippen LogP contribution in [0.2, 0.25) is 0 Å². The first-order valence-corrected chi connectivity index (χ1v) is 7.45. The lowest BCUT2D eigenvalue weighted by molar-refractivity contribution is 0.294. The van der Waals surface area contributed by atoms with E-state index < -0.39 is 0 Å². The van der Waals surface area contributed by atoms with E-state index in [0.717, 1.165) is 25.4 Å². The summed E-state index contributed by atoms with van der Waals surface area (Å²) in [5.74, 6) is 1.15. The summed E-state index contributed by atoms with van der Waals surface area (Å²) in [4.78, 5) is 3.83. The van der Waals surface area contributed by atoms with Crippen molar-refractivity contribution in [1.29, 1.82) is 0 Å². The van der Waals surface area contributed by atoms with Crippen molar-refractivity contribution >= 4 is 11.8 Å². The number of unbranched alkanes of at least 4 members (excludes halogenated alkanes) is 1. The monoisotopic (exact) mass is 252 g/mol. The summed E-state index contributed by atoms with van der Waals surface area (Å²) in [6.45, 7) is 6.34. The molecule has 96 valence electrons. The molecule has 0 atom stereocenters. The number of nitrogens with two attached hydrogens (primary N) is 1. The van der Waals surface area contributed by atoms with Gasteiger partial charge >= 0.3 is 0 Å². The minimum atomic E-state index is 0.764. The number of benzene rings is 1. The highest BCUT2D eigenvalue weighted by molar-refractivity contribution is 7.99. The van der Waals surface area contributed by atoms with Gasteiger partial charge in [0.25, 0.3) is 0 Å². The standard InChI is InChI=1S/C14H24N2S/c1-2-3-10-16(11-9-15)12-13-17-14-7-5-4-6-8-14/h4-8H,2-3,9-13,15H2,1H3. The Labute approximate surface area is 110 Å². The quantitative estimate of drug-likeness (QED) is 0.685. The van der Waals surface area contributed by atoms with Crippen molar-refractivity contribution in [2.24, 2.45) is 5.73 Å². The lowest BCUT2D eigenvalue weighted by Gasteiger charge is -2.20. The fraction of sp³-hybridized carbons (Fsp3) is 0.571. The van der Waals surface area contributed by atoms with Gasteiger partial charge in [-0.15, -0.1) is 11.8 Å². The Balaban J connectivity index is 2.22. The van der Waals surface area contributed by atoms with Crippen molar-refractivity contribution in [1.82, 2.24) is 4.90 Å². The third kappa shape index (κ3) is 6.71. The first kappa shape index (κ1) is 14.6. The van der Waals surface area contributed by atoms with Crippen molar-refractivity contribution in [2.75, 3.05) is 31.9 Å². The van der Waals surface area contributed by atoms with Crippen LogP contribution in [0.15, 0.2) is 35.2 Å². The van der Waals surface area contributed by atoms with Crippen LogP contribution in [0.4, 0.5) is 0 Å². The highest BCUT2D eigenvalue weighted by Crippen LogP contribution is 2.16. The van der Waals surface area contributed by atoms with Gasteiger partial charge in [0.2, 0.25) is 0 Å². The van der Waals surface area contributed by atoms with Gasteiger partial charge in [-0.05, 0) is 25.1 Å². The molecular weight excluding hydrogens is 228 g/mol. The van der Waals surface area contributed by atoms with E-state index in [4.69, 9.17) is 5.73 Å². The normalized spacial score (nSPS) is 11.0. The SMILES string of the molecule is CCCCN(CCN)CCSc1ccccc1. The summed E-state index contributed by atoms with van der Waals surface area (Å²) in [6, 6.07) is 10.6. The Morgan fingerprint density at radius 3 is 2.53 bits per heavy atom. The second-order valence-corrected chi connectivity index (χ2v) is 5.31. The first-order chi connectivity index (χ1) is 8.36. The van der Waals surface area contributed by atoms with Crippen LogP contribution < -0.4 is 5.73 Å². The maximum Gasteiger partial charge on any atom is 0.0108 e. The van der Waals surface area contributed by atoms with Crippen molar-refractivity contribution in [3.8, 4) is 0 Å². The van der Waals surface area contributed by atoms with E-state index in [1.165, 1.54) is 24.3 Å². The van der Waals surface area contributed by atoms with Crippen LogP contribution in [0.25, 0.3) is 0 Å². The summed E-state index contributed by atoms with van der Waals surface area (Å²) in [7, 11) is 0. The van der Waals surface area contributed by atoms with Crippen LogP contribution in [-0.2, 0) is 0 Å². The minimum Gasteiger partial charge on any atom is -0.329 e. The number of hydrogen-bond donors (Lipinski definition) is 1. The molecule has 0 unspecified atom stereocenters. The predicted molar refractivity (Wildman–Crippen MR) is 77.6 cm³/mol. The fourth-order valence-electron chi connectivity index (χ4n) is 1.71. The number of rotatable bonds is 9. The van der Waals surface area contributed by atoms with Crippen LogP contribution in [-0.4, -0.2) is 36.8 Å². The molecule has 1 rings (SSSR count). The molecule has 0 fully saturated rings. The van der Waals surface area contributed by atoms with Gasteiger partial charge in [-0.1, -0.05) is 31.5 Å². The lowest BCUT2D eigenvalue weighted by atomic mass is 10.3. The van der Waals surface area contributed by atoms with E-state index in [1.54, 1.807) is 0 Å². The molecule has 3 heteroatoms. The molecule has 0 aliphatic carbocycles. The number of hydrogen-bond acceptors (Lipinski definition) is 3. The van der Waals surface area contributed by atoms with Crippen molar-refractivity contribution in [3.05, 3.63) is 30.3 Å². The van der Waals surface area contributed by atoms with E-state index in [2.05, 4.69) is 42.2 Å². The molecule has 17 heavy (non-hydrogen) atoms. The maximum absolute atomic E-state index is 5.64. The molecule has 1 aromatic rings. The zero-order chi connectivity index (χ0) is 12.3. The topological polar surface area (TPSA) is 29.3 Å². The minimum absolute atomic E-state index is 0.764. The molecule has 2 N–H and O–H groups in total. The van der Waals surface area contributed by atoms with E-state index in [0.29, 0.717) is 0 Å². The maximum atomic E-state index is 5.64. The molecule has 0 amide bonds. The summed E-state index contributed by atoms with van der Waals surface area (Å²) in [6.07, 6.45) is 2.53. The third-order valence-corrected chi connectivity index (χ3v) is 3.68. The van der Waals surface area contributed by atoms with Gasteiger partial charge in [0, 0.05) is 30.3 Å². The Kier molecular flexibility index (Phi) is 8.14. The zero-order valence-electron chi connectivity index (χ0n) is 10.8. The molecule has 0 saturated heterocycles. The molecule has 2 nitrogen and oxygen atoms in total. The summed E-state index contributed by atoms with van der Waals surface area (Å²) in [5.41, 5.74) is 5.64. The average Bonchev–Trinajstić information content (AvgIpc) is 2.37. The van der Waals surface area contributed by atoms with Crippen LogP contribution in [0, 0.1) is 0 Å². The summed E-state index contributed by atoms with van der Waals surface area (Å²) >= 11 is 1.93. The van der Waals surface area contributed by atoms with Crippen LogP contribution >= 0.6 is 11.8 Å². The Bertz CT molecular complexity index is 277. The van der Waals surface area contributed by atoms with Gasteiger partial charge in [0.1, 0.15) is 0 Å². The van der Waals surface area contributed by atoms with Crippen molar-refractivity contribution in [2.45, 2.75) is 24.7 Å². The molecule has 0 radical (unpaired) electrons. The average molecular weight is 252 g/mol. The van der Waals surface area contributed by atoms with Gasteiger partial charge in [0.15, 0.2) is 0 Å². The smallest absolute Gasteiger partial charge is 0.0108 e. The van der Waals surface area contributed by atoms with Crippen molar-refractivity contribution < 1.29 is 0 Å². The van der Waals surface area contributed by atoms with E-state index in [1.807, 2.05) is 11.8 Å². The van der Waals surface area contributed by atoms with Crippen LogP contribution in [0.1, 0.15) is 19.8 Å². The molecule has 0 heterocycles. The van der Waals surface area contributed by atoms with Gasteiger partial charge in [-0.3, -0.25) is 0 Å². The zero-order valence-corrected chi connectivity index (χ0v) is 11.6. The lowest BCUT2D eigenvalue weighted by Crippen LogP contribution is -2.32. The molecule has 0 aliphatic rings. The Morgan fingerprint density at radius 1 is 1.12 bits per heavy atom.